The summed E-state index contributed by atoms with van der Waals surface area (Å²) < 4.78 is 5.02. The average molecular weight is 606 g/mol. The Hall–Kier alpha value is -2.34. The van der Waals surface area contributed by atoms with Crippen LogP contribution in [0.3, 0.4) is 0 Å². The van der Waals surface area contributed by atoms with Gasteiger partial charge in [-0.25, -0.2) is 9.13 Å². The summed E-state index contributed by atoms with van der Waals surface area (Å²) in [7, 11) is 0. The zero-order valence-corrected chi connectivity index (χ0v) is 26.3. The zero-order chi connectivity index (χ0) is 27.1. The van der Waals surface area contributed by atoms with Crippen LogP contribution in [0.5, 0.6) is 0 Å². The first-order valence-electron chi connectivity index (χ1n) is 13.9. The zero-order valence-electron chi connectivity index (χ0n) is 24.2. The second kappa shape index (κ2) is 13.5. The molecule has 0 saturated carbocycles. The molecule has 4 heteroatoms. The Morgan fingerprint density at radius 2 is 0.973 bits per heavy atom. The Kier molecular flexibility index (Phi) is 10.6. The average Bonchev–Trinajstić information content (AvgIpc) is 3.32. The normalized spacial score (nSPS) is 11.4. The van der Waals surface area contributed by atoms with E-state index in [2.05, 4.69) is 136 Å². The number of rotatable bonds is 7. The third kappa shape index (κ3) is 6.76. The number of hydrogen-bond acceptors (Lipinski definition) is 0. The van der Waals surface area contributed by atoms with Gasteiger partial charge in [0.25, 0.3) is 0 Å². The van der Waals surface area contributed by atoms with E-state index in [9.17, 15) is 0 Å². The molecule has 196 valence electrons. The summed E-state index contributed by atoms with van der Waals surface area (Å²) in [5, 5.41) is -0.336. The second-order valence-corrected chi connectivity index (χ2v) is 12.2. The maximum absolute atomic E-state index is 2.65. The molecule has 37 heavy (non-hydrogen) atoms. The highest BCUT2D eigenvalue weighted by molar-refractivity contribution is 14.1. The molecule has 0 radical (unpaired) electrons. The van der Waals surface area contributed by atoms with Crippen molar-refractivity contribution in [3.63, 3.8) is 0 Å². The molecule has 0 atom stereocenters. The number of halogens is 1. The van der Waals surface area contributed by atoms with E-state index in [-0.39, 0.29) is 5.14 Å². The van der Waals surface area contributed by atoms with Gasteiger partial charge in [-0.3, -0.25) is 0 Å². The first kappa shape index (κ1) is 29.2. The smallest absolute Gasteiger partial charge is 0.158 e. The van der Waals surface area contributed by atoms with Crippen molar-refractivity contribution in [3.8, 4) is 11.4 Å². The predicted octanol–water partition coefficient (Wildman–Crippen LogP) is 8.08. The third-order valence-corrected chi connectivity index (χ3v) is 8.03. The quantitative estimate of drug-likeness (QED) is 0.114. The van der Waals surface area contributed by atoms with Crippen LogP contribution in [-0.2, 0) is 0 Å². The molecule has 0 spiro atoms. The number of imidazole rings is 1. The summed E-state index contributed by atoms with van der Waals surface area (Å²) in [6, 6.07) is 25.7. The van der Waals surface area contributed by atoms with Gasteiger partial charge in [-0.2, -0.15) is 0 Å². The molecule has 0 aliphatic rings. The molecule has 0 amide bonds. The van der Waals surface area contributed by atoms with Gasteiger partial charge >= 0.3 is 0 Å². The molecule has 1 heterocycles. The Balaban J connectivity index is 0.000000555. The molecule has 0 aliphatic heterocycles. The SMILES string of the molecule is CC(C)c1cccc(C(C)C)c1-n1cc[n+](-c2c(C(C)C)cccc2C(C)C)c1[BH2-]I.c1ccccc1. The van der Waals surface area contributed by atoms with Crippen LogP contribution in [0.25, 0.3) is 11.4 Å². The van der Waals surface area contributed by atoms with Crippen LogP contribution in [0.4, 0.5) is 0 Å². The van der Waals surface area contributed by atoms with E-state index in [1.807, 2.05) is 36.4 Å². The molecule has 3 aromatic carbocycles. The molecule has 4 rings (SSSR count). The molecule has 0 N–H and O–H groups in total. The number of para-hydroxylation sites is 2. The van der Waals surface area contributed by atoms with Crippen molar-refractivity contribution in [1.82, 2.24) is 4.57 Å². The second-order valence-electron chi connectivity index (χ2n) is 11.1. The summed E-state index contributed by atoms with van der Waals surface area (Å²) in [6.45, 7) is 18.5. The molecule has 0 fully saturated rings. The van der Waals surface area contributed by atoms with Gasteiger partial charge in [-0.05, 0) is 23.7 Å². The van der Waals surface area contributed by atoms with Gasteiger partial charge in [0.15, 0.2) is 5.14 Å². The maximum atomic E-state index is 2.65. The Morgan fingerprint density at radius 1 is 0.595 bits per heavy atom. The van der Waals surface area contributed by atoms with Crippen LogP contribution in [0.15, 0.2) is 85.2 Å². The third-order valence-electron chi connectivity index (χ3n) is 7.06. The Morgan fingerprint density at radius 3 is 1.32 bits per heavy atom. The predicted molar refractivity (Wildman–Crippen MR) is 172 cm³/mol. The van der Waals surface area contributed by atoms with Gasteiger partial charge in [-0.1, -0.05) is 128 Å². The summed E-state index contributed by atoms with van der Waals surface area (Å²) in [6.07, 6.45) is 4.62. The summed E-state index contributed by atoms with van der Waals surface area (Å²) >= 11 is 2.65. The molecule has 1 aromatic heterocycles. The van der Waals surface area contributed by atoms with E-state index in [1.165, 1.54) is 39.4 Å². The van der Waals surface area contributed by atoms with Crippen LogP contribution in [0.2, 0.25) is 0 Å². The molecule has 0 bridgehead atoms. The minimum absolute atomic E-state index is 0.336. The summed E-state index contributed by atoms with van der Waals surface area (Å²) in [5.74, 6) is 1.95. The van der Waals surface area contributed by atoms with E-state index in [4.69, 9.17) is 0 Å². The highest BCUT2D eigenvalue weighted by Crippen LogP contribution is 2.31. The number of hydrogen-bond donors (Lipinski definition) is 0. The first-order valence-corrected chi connectivity index (χ1v) is 16.0. The fourth-order valence-corrected chi connectivity index (χ4v) is 6.12. The van der Waals surface area contributed by atoms with Crippen LogP contribution < -0.4 is 10.3 Å². The molecular weight excluding hydrogens is 562 g/mol. The lowest BCUT2D eigenvalue weighted by molar-refractivity contribution is -0.576. The van der Waals surface area contributed by atoms with E-state index >= 15 is 0 Å². The van der Waals surface area contributed by atoms with Crippen LogP contribution >= 0.6 is 22.4 Å². The minimum Gasteiger partial charge on any atom is -0.344 e. The van der Waals surface area contributed by atoms with E-state index in [0.717, 1.165) is 0 Å². The van der Waals surface area contributed by atoms with E-state index in [0.29, 0.717) is 23.7 Å². The van der Waals surface area contributed by atoms with Gasteiger partial charge in [0, 0.05) is 22.3 Å². The highest BCUT2D eigenvalue weighted by Gasteiger charge is 2.26. The molecule has 4 aromatic rings. The van der Waals surface area contributed by atoms with Crippen LogP contribution in [0.1, 0.15) is 101 Å². The van der Waals surface area contributed by atoms with Crippen molar-refractivity contribution in [2.75, 3.05) is 0 Å². The maximum Gasteiger partial charge on any atom is 0.158 e. The monoisotopic (exact) mass is 606 g/mol. The Labute approximate surface area is 239 Å². The fraction of sp³-hybridized carbons (Fsp3) is 0.364. The van der Waals surface area contributed by atoms with Crippen molar-refractivity contribution in [2.45, 2.75) is 79.1 Å². The topological polar surface area (TPSA) is 8.81 Å². The molecule has 2 nitrogen and oxygen atoms in total. The van der Waals surface area contributed by atoms with Gasteiger partial charge in [-0.15, -0.1) is 0 Å². The number of benzene rings is 3. The lowest BCUT2D eigenvalue weighted by Gasteiger charge is -2.21. The lowest BCUT2D eigenvalue weighted by Crippen LogP contribution is -2.51. The standard InChI is InChI=1S/C27H38BIN2.C6H6/c1-17(2)21-11-9-12-22(18(3)4)25(21)30-15-16-31(27(30)28-29)26-23(19(5)6)13-10-14-24(26)20(7)8;1-2-4-6-5-3-1/h9-20H,28H2,1-8H3;1-6H. The van der Waals surface area contributed by atoms with Gasteiger partial charge in [0.2, 0.25) is 0 Å². The van der Waals surface area contributed by atoms with Crippen LogP contribution in [-0.4, -0.2) is 9.70 Å². The largest absolute Gasteiger partial charge is 0.344 e. The molecule has 0 unspecified atom stereocenters. The van der Waals surface area contributed by atoms with Crippen LogP contribution in [0, 0.1) is 0 Å². The minimum atomic E-state index is -0.336. The van der Waals surface area contributed by atoms with Gasteiger partial charge in [0.05, 0.1) is 5.72 Å². The summed E-state index contributed by atoms with van der Waals surface area (Å²) in [4.78, 5) is 0. The summed E-state index contributed by atoms with van der Waals surface area (Å²) in [5.41, 5.74) is 10.00. The van der Waals surface area contributed by atoms with Crippen molar-refractivity contribution in [3.05, 3.63) is 107 Å². The molecule has 0 saturated heterocycles. The van der Waals surface area contributed by atoms with E-state index < -0.39 is 0 Å². The number of nitrogens with zero attached hydrogens (tertiary/aromatic N) is 2. The number of aromatic nitrogens is 2. The molecule has 0 aliphatic carbocycles. The van der Waals surface area contributed by atoms with E-state index in [1.54, 1.807) is 0 Å². The first-order chi connectivity index (χ1) is 17.7. The Bertz CT molecular complexity index is 1110. The fourth-order valence-electron chi connectivity index (χ4n) is 5.08. The van der Waals surface area contributed by atoms with Crippen molar-refractivity contribution in [2.24, 2.45) is 0 Å². The van der Waals surface area contributed by atoms with Crippen molar-refractivity contribution >= 4 is 33.2 Å². The molecular formula is C33H44BIN2. The lowest BCUT2D eigenvalue weighted by atomic mass is 9.91. The van der Waals surface area contributed by atoms with Crippen molar-refractivity contribution < 1.29 is 4.57 Å². The van der Waals surface area contributed by atoms with Gasteiger partial charge < -0.3 is 22.4 Å². The van der Waals surface area contributed by atoms with Crippen molar-refractivity contribution in [1.29, 1.82) is 0 Å². The highest BCUT2D eigenvalue weighted by atomic mass is 127. The van der Waals surface area contributed by atoms with Gasteiger partial charge in [0.1, 0.15) is 23.8 Å².